The summed E-state index contributed by atoms with van der Waals surface area (Å²) >= 11 is 1.36. The molecular formula is C23H20F3NOS. The average Bonchev–Trinajstić information content (AvgIpc) is 2.73. The van der Waals surface area contributed by atoms with Gasteiger partial charge < -0.3 is 9.04 Å². The first-order valence-corrected chi connectivity index (χ1v) is 10.1. The van der Waals surface area contributed by atoms with Gasteiger partial charge in [-0.1, -0.05) is 30.3 Å². The summed E-state index contributed by atoms with van der Waals surface area (Å²) in [7, 11) is 1.64. The molecule has 0 unspecified atom stereocenters. The molecule has 0 amide bonds. The summed E-state index contributed by atoms with van der Waals surface area (Å²) in [5, 5.41) is 0. The highest BCUT2D eigenvalue weighted by Crippen LogP contribution is 2.39. The molecular weight excluding hydrogens is 395 g/mol. The van der Waals surface area contributed by atoms with E-state index >= 15 is 0 Å². The van der Waals surface area contributed by atoms with Gasteiger partial charge in [-0.2, -0.15) is 13.2 Å². The van der Waals surface area contributed by atoms with Gasteiger partial charge in [0.2, 0.25) is 0 Å². The molecule has 1 aliphatic rings. The minimum absolute atomic E-state index is 0.583. The number of hydrogen-bond acceptors (Lipinski definition) is 3. The van der Waals surface area contributed by atoms with Gasteiger partial charge in [-0.15, -0.1) is 0 Å². The van der Waals surface area contributed by atoms with Crippen molar-refractivity contribution in [3.05, 3.63) is 77.9 Å². The molecule has 0 saturated carbocycles. The highest BCUT2D eigenvalue weighted by atomic mass is 32.2. The van der Waals surface area contributed by atoms with Crippen molar-refractivity contribution in [3.8, 4) is 16.9 Å². The van der Waals surface area contributed by atoms with Crippen LogP contribution in [0.25, 0.3) is 11.1 Å². The number of methoxy groups -OCH3 is 1. The first kappa shape index (κ1) is 19.7. The maximum Gasteiger partial charge on any atom is 0.416 e. The number of aryl methyl sites for hydroxylation is 1. The lowest BCUT2D eigenvalue weighted by atomic mass is 9.98. The fourth-order valence-corrected chi connectivity index (χ4v) is 4.54. The number of benzene rings is 3. The number of hydrogen-bond donors (Lipinski definition) is 0. The summed E-state index contributed by atoms with van der Waals surface area (Å²) < 4.78 is 46.6. The van der Waals surface area contributed by atoms with Crippen LogP contribution in [0, 0.1) is 0 Å². The topological polar surface area (TPSA) is 12.5 Å². The van der Waals surface area contributed by atoms with Gasteiger partial charge in [-0.05, 0) is 77.9 Å². The predicted molar refractivity (Wildman–Crippen MR) is 111 cm³/mol. The van der Waals surface area contributed by atoms with Crippen LogP contribution >= 0.6 is 11.9 Å². The Kier molecular flexibility index (Phi) is 5.46. The van der Waals surface area contributed by atoms with Crippen LogP contribution in [0.1, 0.15) is 17.5 Å². The number of rotatable bonds is 4. The Labute approximate surface area is 172 Å². The third-order valence-electron chi connectivity index (χ3n) is 4.94. The van der Waals surface area contributed by atoms with E-state index in [1.54, 1.807) is 13.2 Å². The summed E-state index contributed by atoms with van der Waals surface area (Å²) in [4.78, 5) is 0.583. The van der Waals surface area contributed by atoms with Gasteiger partial charge in [0.25, 0.3) is 0 Å². The molecule has 150 valence electrons. The molecule has 0 N–H and O–H groups in total. The number of alkyl halides is 3. The lowest BCUT2D eigenvalue weighted by Crippen LogP contribution is -2.22. The molecule has 3 aromatic rings. The molecule has 2 nitrogen and oxygen atoms in total. The Bertz CT molecular complexity index is 1020. The first-order valence-electron chi connectivity index (χ1n) is 9.34. The summed E-state index contributed by atoms with van der Waals surface area (Å²) in [5.41, 5.74) is 3.74. The van der Waals surface area contributed by atoms with Gasteiger partial charge in [0.05, 0.1) is 18.4 Å². The number of ether oxygens (including phenoxy) is 1. The monoisotopic (exact) mass is 415 g/mol. The van der Waals surface area contributed by atoms with Crippen molar-refractivity contribution in [3.63, 3.8) is 0 Å². The standard InChI is InChI=1S/C23H20F3NOS/c1-28-20-8-2-5-17(13-20)18-11-10-16-6-4-12-27(22(16)14-18)29-21-9-3-7-19(15-21)23(24,25)26/h2-3,5,7-11,13-15H,4,6,12H2,1H3. The van der Waals surface area contributed by atoms with Gasteiger partial charge in [-0.3, -0.25) is 0 Å². The zero-order valence-corrected chi connectivity index (χ0v) is 16.7. The third kappa shape index (κ3) is 4.37. The van der Waals surface area contributed by atoms with Gasteiger partial charge in [0.1, 0.15) is 5.75 Å². The minimum Gasteiger partial charge on any atom is -0.497 e. The number of fused-ring (bicyclic) bond motifs is 1. The molecule has 1 heterocycles. The van der Waals surface area contributed by atoms with Crippen LogP contribution in [0.3, 0.4) is 0 Å². The number of halogens is 3. The van der Waals surface area contributed by atoms with E-state index in [4.69, 9.17) is 4.74 Å². The average molecular weight is 415 g/mol. The van der Waals surface area contributed by atoms with E-state index < -0.39 is 11.7 Å². The fourth-order valence-electron chi connectivity index (χ4n) is 3.47. The highest BCUT2D eigenvalue weighted by molar-refractivity contribution is 8.00. The molecule has 0 radical (unpaired) electrons. The quantitative estimate of drug-likeness (QED) is 0.433. The van der Waals surface area contributed by atoms with Crippen molar-refractivity contribution in [2.24, 2.45) is 0 Å². The molecule has 3 aromatic carbocycles. The Morgan fingerprint density at radius 1 is 0.931 bits per heavy atom. The summed E-state index contributed by atoms with van der Waals surface area (Å²) in [6.45, 7) is 0.787. The van der Waals surface area contributed by atoms with Crippen molar-refractivity contribution in [2.45, 2.75) is 23.9 Å². The van der Waals surface area contributed by atoms with Crippen LogP contribution in [0.2, 0.25) is 0 Å². The highest BCUT2D eigenvalue weighted by Gasteiger charge is 2.30. The largest absolute Gasteiger partial charge is 0.497 e. The Balaban J connectivity index is 1.65. The Morgan fingerprint density at radius 3 is 2.52 bits per heavy atom. The van der Waals surface area contributed by atoms with E-state index in [1.807, 2.05) is 24.3 Å². The van der Waals surface area contributed by atoms with Gasteiger partial charge in [-0.25, -0.2) is 0 Å². The van der Waals surface area contributed by atoms with Crippen LogP contribution < -0.4 is 9.04 Å². The van der Waals surface area contributed by atoms with E-state index in [0.29, 0.717) is 4.90 Å². The van der Waals surface area contributed by atoms with E-state index in [-0.39, 0.29) is 0 Å². The second-order valence-electron chi connectivity index (χ2n) is 6.90. The maximum absolute atomic E-state index is 13.1. The van der Waals surface area contributed by atoms with Crippen molar-refractivity contribution in [1.29, 1.82) is 0 Å². The van der Waals surface area contributed by atoms with Crippen LogP contribution in [-0.4, -0.2) is 13.7 Å². The Morgan fingerprint density at radius 2 is 1.72 bits per heavy atom. The Hall–Kier alpha value is -2.60. The summed E-state index contributed by atoms with van der Waals surface area (Å²) in [6, 6.07) is 19.7. The zero-order valence-electron chi connectivity index (χ0n) is 15.9. The normalized spacial score (nSPS) is 13.9. The number of nitrogens with zero attached hydrogens (tertiary/aromatic N) is 1. The molecule has 29 heavy (non-hydrogen) atoms. The lowest BCUT2D eigenvalue weighted by Gasteiger charge is -2.30. The first-order chi connectivity index (χ1) is 13.9. The fraction of sp³-hybridized carbons (Fsp3) is 0.217. The smallest absolute Gasteiger partial charge is 0.416 e. The molecule has 0 bridgehead atoms. The van der Waals surface area contributed by atoms with Crippen molar-refractivity contribution >= 4 is 17.6 Å². The van der Waals surface area contributed by atoms with Gasteiger partial charge in [0.15, 0.2) is 0 Å². The van der Waals surface area contributed by atoms with Crippen molar-refractivity contribution in [1.82, 2.24) is 0 Å². The molecule has 6 heteroatoms. The minimum atomic E-state index is -4.34. The SMILES string of the molecule is COc1cccc(-c2ccc3c(c2)N(Sc2cccc(C(F)(F)F)c2)CCC3)c1. The van der Waals surface area contributed by atoms with E-state index in [9.17, 15) is 13.2 Å². The molecule has 0 aliphatic carbocycles. The zero-order chi connectivity index (χ0) is 20.4. The molecule has 0 saturated heterocycles. The lowest BCUT2D eigenvalue weighted by molar-refractivity contribution is -0.137. The van der Waals surface area contributed by atoms with Gasteiger partial charge >= 0.3 is 6.18 Å². The van der Waals surface area contributed by atoms with Crippen LogP contribution in [0.5, 0.6) is 5.75 Å². The molecule has 4 rings (SSSR count). The van der Waals surface area contributed by atoms with E-state index in [0.717, 1.165) is 48.0 Å². The number of anilines is 1. The second kappa shape index (κ2) is 8.03. The summed E-state index contributed by atoms with van der Waals surface area (Å²) in [5.74, 6) is 0.787. The molecule has 1 aliphatic heterocycles. The van der Waals surface area contributed by atoms with E-state index in [1.165, 1.54) is 29.6 Å². The van der Waals surface area contributed by atoms with Crippen LogP contribution in [0.15, 0.2) is 71.6 Å². The van der Waals surface area contributed by atoms with Crippen LogP contribution in [0.4, 0.5) is 18.9 Å². The van der Waals surface area contributed by atoms with E-state index in [2.05, 4.69) is 22.5 Å². The summed E-state index contributed by atoms with van der Waals surface area (Å²) in [6.07, 6.45) is -2.40. The molecule has 0 spiro atoms. The van der Waals surface area contributed by atoms with Crippen molar-refractivity contribution in [2.75, 3.05) is 18.0 Å². The second-order valence-corrected chi connectivity index (χ2v) is 7.99. The molecule has 0 atom stereocenters. The van der Waals surface area contributed by atoms with Crippen molar-refractivity contribution < 1.29 is 17.9 Å². The third-order valence-corrected chi connectivity index (χ3v) is 6.01. The van der Waals surface area contributed by atoms with Crippen LogP contribution in [-0.2, 0) is 12.6 Å². The van der Waals surface area contributed by atoms with Gasteiger partial charge in [0, 0.05) is 11.4 Å². The molecule has 0 fully saturated rings. The molecule has 0 aromatic heterocycles. The maximum atomic E-state index is 13.1. The predicted octanol–water partition coefficient (Wildman–Crippen LogP) is 6.84.